The molecule has 1 N–H and O–H groups in total. The fourth-order valence-electron chi connectivity index (χ4n) is 3.56. The molecule has 0 bridgehead atoms. The molecule has 200 valence electrons. The highest BCUT2D eigenvalue weighted by Gasteiger charge is 2.34. The van der Waals surface area contributed by atoms with Crippen LogP contribution < -0.4 is 14.8 Å². The summed E-state index contributed by atoms with van der Waals surface area (Å²) in [5, 5.41) is 13.3. The molecule has 0 saturated carbocycles. The lowest BCUT2D eigenvalue weighted by Gasteiger charge is -2.12. The maximum atomic E-state index is 12.9. The molecule has 0 aliphatic carbocycles. The van der Waals surface area contributed by atoms with E-state index in [4.69, 9.17) is 13.9 Å². The van der Waals surface area contributed by atoms with Gasteiger partial charge in [0.25, 0.3) is 11.6 Å². The molecule has 13 heteroatoms. The van der Waals surface area contributed by atoms with Gasteiger partial charge in [0, 0.05) is 12.1 Å². The summed E-state index contributed by atoms with van der Waals surface area (Å²) in [7, 11) is 1.20. The summed E-state index contributed by atoms with van der Waals surface area (Å²) < 4.78 is 20.9. The molecule has 3 amide bonds. The number of rotatable bonds is 9. The van der Waals surface area contributed by atoms with Crippen molar-refractivity contribution in [2.24, 2.45) is 0 Å². The van der Waals surface area contributed by atoms with Gasteiger partial charge < -0.3 is 23.9 Å². The maximum Gasteiger partial charge on any atom is 0.373 e. The number of furan rings is 1. The number of nitrogens with one attached hydrogen (secondary N) is 1. The van der Waals surface area contributed by atoms with Crippen LogP contribution in [0.15, 0.2) is 64.7 Å². The van der Waals surface area contributed by atoms with E-state index >= 15 is 0 Å². The Kier molecular flexibility index (Phi) is 7.70. The number of esters is 2. The average Bonchev–Trinajstić information content (AvgIpc) is 3.50. The number of hydrogen-bond acceptors (Lipinski definition) is 10. The van der Waals surface area contributed by atoms with Crippen molar-refractivity contribution in [3.8, 4) is 11.5 Å². The van der Waals surface area contributed by atoms with E-state index in [0.29, 0.717) is 5.56 Å². The second-order valence-corrected chi connectivity index (χ2v) is 7.97. The van der Waals surface area contributed by atoms with Crippen molar-refractivity contribution in [1.82, 2.24) is 10.2 Å². The van der Waals surface area contributed by atoms with Crippen molar-refractivity contribution in [2.75, 3.05) is 13.7 Å². The third-order valence-electron chi connectivity index (χ3n) is 5.42. The standard InChI is InChI=1S/C26H21N3O10/c1-3-37-22-13-15(4-10-20(22)39-24(31)16-5-7-17(8-6-16)29(34)35)12-19-23(30)28(26(33)27-19)14-18-9-11-21(38-18)25(32)36-2/h4-13H,3,14H2,1-2H3,(H,27,33)/b19-12-. The van der Waals surface area contributed by atoms with Crippen LogP contribution in [0, 0.1) is 10.1 Å². The van der Waals surface area contributed by atoms with Gasteiger partial charge in [-0.05, 0) is 55.0 Å². The van der Waals surface area contributed by atoms with Crippen LogP contribution in [0.3, 0.4) is 0 Å². The van der Waals surface area contributed by atoms with Crippen LogP contribution in [0.1, 0.15) is 39.2 Å². The second kappa shape index (κ2) is 11.3. The van der Waals surface area contributed by atoms with Gasteiger partial charge in [-0.2, -0.15) is 0 Å². The summed E-state index contributed by atoms with van der Waals surface area (Å²) in [6.07, 6.45) is 1.42. The normalized spacial score (nSPS) is 13.8. The van der Waals surface area contributed by atoms with Crippen LogP contribution >= 0.6 is 0 Å². The van der Waals surface area contributed by atoms with Crippen LogP contribution in [-0.4, -0.2) is 47.4 Å². The Hall–Kier alpha value is -5.46. The number of carbonyl (C=O) groups is 4. The average molecular weight is 535 g/mol. The van der Waals surface area contributed by atoms with E-state index in [0.717, 1.165) is 4.90 Å². The van der Waals surface area contributed by atoms with Crippen molar-refractivity contribution in [3.63, 3.8) is 0 Å². The lowest BCUT2D eigenvalue weighted by molar-refractivity contribution is -0.384. The molecule has 2 aromatic carbocycles. The summed E-state index contributed by atoms with van der Waals surface area (Å²) in [5.41, 5.74) is 0.382. The Labute approximate surface area is 220 Å². The van der Waals surface area contributed by atoms with Crippen LogP contribution in [0.2, 0.25) is 0 Å². The second-order valence-electron chi connectivity index (χ2n) is 7.97. The van der Waals surface area contributed by atoms with Gasteiger partial charge in [0.1, 0.15) is 11.5 Å². The molecule has 4 rings (SSSR count). The fraction of sp³-hybridized carbons (Fsp3) is 0.154. The van der Waals surface area contributed by atoms with Gasteiger partial charge in [-0.1, -0.05) is 6.07 Å². The van der Waals surface area contributed by atoms with Gasteiger partial charge in [0.05, 0.1) is 30.7 Å². The third-order valence-corrected chi connectivity index (χ3v) is 5.42. The van der Waals surface area contributed by atoms with E-state index in [1.807, 2.05) is 0 Å². The Morgan fingerprint density at radius 2 is 1.79 bits per heavy atom. The fourth-order valence-corrected chi connectivity index (χ4v) is 3.56. The first-order valence-electron chi connectivity index (χ1n) is 11.4. The minimum absolute atomic E-state index is 0.0159. The van der Waals surface area contributed by atoms with Crippen LogP contribution in [-0.2, 0) is 16.1 Å². The molecule has 0 atom stereocenters. The molecule has 2 heterocycles. The van der Waals surface area contributed by atoms with Gasteiger partial charge >= 0.3 is 18.0 Å². The van der Waals surface area contributed by atoms with Gasteiger partial charge in [0.2, 0.25) is 5.76 Å². The highest BCUT2D eigenvalue weighted by Crippen LogP contribution is 2.31. The maximum absolute atomic E-state index is 12.9. The smallest absolute Gasteiger partial charge is 0.373 e. The molecule has 0 spiro atoms. The lowest BCUT2D eigenvalue weighted by Crippen LogP contribution is -2.30. The zero-order valence-corrected chi connectivity index (χ0v) is 20.7. The monoisotopic (exact) mass is 535 g/mol. The number of benzene rings is 2. The van der Waals surface area contributed by atoms with Gasteiger partial charge in [-0.3, -0.25) is 19.8 Å². The van der Waals surface area contributed by atoms with Crippen molar-refractivity contribution in [2.45, 2.75) is 13.5 Å². The first-order chi connectivity index (χ1) is 18.7. The summed E-state index contributed by atoms with van der Waals surface area (Å²) in [6, 6.07) is 11.6. The highest BCUT2D eigenvalue weighted by atomic mass is 16.6. The third kappa shape index (κ3) is 5.93. The Morgan fingerprint density at radius 3 is 2.46 bits per heavy atom. The van der Waals surface area contributed by atoms with E-state index in [1.54, 1.807) is 13.0 Å². The molecule has 1 fully saturated rings. The Balaban J connectivity index is 1.50. The number of nitro groups is 1. The number of hydrogen-bond donors (Lipinski definition) is 1. The molecule has 1 aliphatic rings. The summed E-state index contributed by atoms with van der Waals surface area (Å²) in [6.45, 7) is 1.76. The lowest BCUT2D eigenvalue weighted by atomic mass is 10.1. The van der Waals surface area contributed by atoms with Gasteiger partial charge in [0.15, 0.2) is 11.5 Å². The predicted octanol–water partition coefficient (Wildman–Crippen LogP) is 3.69. The Morgan fingerprint density at radius 1 is 1.05 bits per heavy atom. The largest absolute Gasteiger partial charge is 0.490 e. The molecule has 0 radical (unpaired) electrons. The van der Waals surface area contributed by atoms with Crippen molar-refractivity contribution in [3.05, 3.63) is 93.1 Å². The minimum Gasteiger partial charge on any atom is -0.490 e. The van der Waals surface area contributed by atoms with Crippen molar-refractivity contribution in [1.29, 1.82) is 0 Å². The first-order valence-corrected chi connectivity index (χ1v) is 11.4. The van der Waals surface area contributed by atoms with E-state index in [2.05, 4.69) is 10.1 Å². The quantitative estimate of drug-likeness (QED) is 0.107. The Bertz CT molecular complexity index is 1490. The number of carbonyl (C=O) groups excluding carboxylic acids is 4. The number of non-ortho nitro benzene ring substituents is 1. The number of imide groups is 1. The molecular formula is C26H21N3O10. The number of urea groups is 1. The summed E-state index contributed by atoms with van der Waals surface area (Å²) in [5.74, 6) is -1.63. The van der Waals surface area contributed by atoms with Crippen LogP contribution in [0.25, 0.3) is 6.08 Å². The topological polar surface area (TPSA) is 168 Å². The van der Waals surface area contributed by atoms with Gasteiger partial charge in [-0.25, -0.2) is 14.4 Å². The van der Waals surface area contributed by atoms with E-state index in [-0.39, 0.29) is 53.1 Å². The van der Waals surface area contributed by atoms with E-state index < -0.39 is 28.8 Å². The predicted molar refractivity (Wildman–Crippen MR) is 133 cm³/mol. The van der Waals surface area contributed by atoms with E-state index in [1.165, 1.54) is 61.7 Å². The van der Waals surface area contributed by atoms with Crippen LogP contribution in [0.4, 0.5) is 10.5 Å². The number of nitro benzene ring substituents is 1. The first kappa shape index (κ1) is 26.6. The molecule has 3 aromatic rings. The molecule has 0 unspecified atom stereocenters. The zero-order chi connectivity index (χ0) is 28.1. The number of amides is 3. The number of ether oxygens (including phenoxy) is 3. The zero-order valence-electron chi connectivity index (χ0n) is 20.7. The highest BCUT2D eigenvalue weighted by molar-refractivity contribution is 6.13. The molecule has 1 saturated heterocycles. The number of methoxy groups -OCH3 is 1. The van der Waals surface area contributed by atoms with Crippen molar-refractivity contribution < 1.29 is 42.7 Å². The van der Waals surface area contributed by atoms with Crippen molar-refractivity contribution >= 4 is 35.6 Å². The summed E-state index contributed by atoms with van der Waals surface area (Å²) in [4.78, 5) is 60.6. The van der Waals surface area contributed by atoms with Crippen LogP contribution in [0.5, 0.6) is 11.5 Å². The molecule has 39 heavy (non-hydrogen) atoms. The SMILES string of the molecule is CCOc1cc(/C=C2\NC(=O)N(Cc3ccc(C(=O)OC)o3)C2=O)ccc1OC(=O)c1ccc([N+](=O)[O-])cc1. The van der Waals surface area contributed by atoms with E-state index in [9.17, 15) is 29.3 Å². The summed E-state index contributed by atoms with van der Waals surface area (Å²) >= 11 is 0. The molecule has 13 nitrogen and oxygen atoms in total. The van der Waals surface area contributed by atoms with Gasteiger partial charge in [-0.15, -0.1) is 0 Å². The molecular weight excluding hydrogens is 514 g/mol. The molecule has 1 aliphatic heterocycles. The number of nitrogens with zero attached hydrogens (tertiary/aromatic N) is 2. The molecule has 1 aromatic heterocycles. The minimum atomic E-state index is -0.751.